The summed E-state index contributed by atoms with van der Waals surface area (Å²) in [7, 11) is 0. The molecule has 1 atom stereocenters. The van der Waals surface area contributed by atoms with E-state index in [4.69, 9.17) is 0 Å². The number of hydrogen-bond donors (Lipinski definition) is 3. The van der Waals surface area contributed by atoms with Gasteiger partial charge in [0.25, 0.3) is 0 Å². The van der Waals surface area contributed by atoms with Gasteiger partial charge in [0.2, 0.25) is 0 Å². The van der Waals surface area contributed by atoms with Crippen molar-refractivity contribution in [3.8, 4) is 0 Å². The van der Waals surface area contributed by atoms with Crippen molar-refractivity contribution in [1.82, 2.24) is 15.5 Å². The quantitative estimate of drug-likeness (QED) is 0.235. The molecule has 1 saturated heterocycles. The number of aliphatic hydroxyl groups is 1. The molecule has 0 spiro atoms. The molecule has 1 aromatic carbocycles. The van der Waals surface area contributed by atoms with Gasteiger partial charge < -0.3 is 20.6 Å². The Morgan fingerprint density at radius 1 is 1.23 bits per heavy atom. The molecule has 1 aliphatic heterocycles. The van der Waals surface area contributed by atoms with Crippen LogP contribution in [0.25, 0.3) is 0 Å². The first-order valence-corrected chi connectivity index (χ1v) is 9.68. The monoisotopic (exact) mass is 474 g/mol. The Labute approximate surface area is 175 Å². The van der Waals surface area contributed by atoms with Crippen LogP contribution in [0.2, 0.25) is 0 Å². The van der Waals surface area contributed by atoms with Crippen molar-refractivity contribution >= 4 is 29.9 Å². The lowest BCUT2D eigenvalue weighted by molar-refractivity contribution is 0.159. The van der Waals surface area contributed by atoms with Gasteiger partial charge in [-0.1, -0.05) is 30.7 Å². The third kappa shape index (κ3) is 7.80. The number of guanidine groups is 1. The number of rotatable bonds is 8. The molecule has 26 heavy (non-hydrogen) atoms. The first-order valence-electron chi connectivity index (χ1n) is 9.68. The maximum Gasteiger partial charge on any atom is 0.191 e. The van der Waals surface area contributed by atoms with Gasteiger partial charge in [0.1, 0.15) is 0 Å². The minimum Gasteiger partial charge on any atom is -0.392 e. The van der Waals surface area contributed by atoms with E-state index in [1.54, 1.807) is 0 Å². The van der Waals surface area contributed by atoms with Crippen molar-refractivity contribution in [2.45, 2.75) is 58.7 Å². The van der Waals surface area contributed by atoms with Gasteiger partial charge in [-0.05, 0) is 50.8 Å². The Kier molecular flexibility index (Phi) is 11.9. The first-order chi connectivity index (χ1) is 12.2. The molecule has 6 heteroatoms. The van der Waals surface area contributed by atoms with E-state index in [-0.39, 0.29) is 30.6 Å². The van der Waals surface area contributed by atoms with Gasteiger partial charge in [-0.25, -0.2) is 4.99 Å². The summed E-state index contributed by atoms with van der Waals surface area (Å²) in [4.78, 5) is 7.27. The molecule has 1 aromatic rings. The Balaban J connectivity index is 0.00000338. The summed E-state index contributed by atoms with van der Waals surface area (Å²) in [5.41, 5.74) is 2.02. The fourth-order valence-corrected chi connectivity index (χ4v) is 3.35. The largest absolute Gasteiger partial charge is 0.392 e. The van der Waals surface area contributed by atoms with E-state index < -0.39 is 0 Å². The predicted octanol–water partition coefficient (Wildman–Crippen LogP) is 3.12. The van der Waals surface area contributed by atoms with E-state index in [0.29, 0.717) is 6.54 Å². The van der Waals surface area contributed by atoms with Crippen LogP contribution in [0.1, 0.15) is 50.7 Å². The van der Waals surface area contributed by atoms with Gasteiger partial charge in [-0.2, -0.15) is 0 Å². The van der Waals surface area contributed by atoms with Gasteiger partial charge in [0, 0.05) is 25.7 Å². The molecule has 2 rings (SSSR count). The Hall–Kier alpha value is -0.860. The second kappa shape index (κ2) is 13.3. The van der Waals surface area contributed by atoms with Crippen molar-refractivity contribution in [1.29, 1.82) is 0 Å². The molecule has 5 nitrogen and oxygen atoms in total. The molecule has 3 N–H and O–H groups in total. The summed E-state index contributed by atoms with van der Waals surface area (Å²) in [6, 6.07) is 8.64. The highest BCUT2D eigenvalue weighted by molar-refractivity contribution is 14.0. The number of piperidine rings is 1. The summed E-state index contributed by atoms with van der Waals surface area (Å²) < 4.78 is 0. The van der Waals surface area contributed by atoms with Crippen LogP contribution in [-0.4, -0.2) is 48.2 Å². The lowest BCUT2D eigenvalue weighted by atomic mass is 10.0. The minimum absolute atomic E-state index is 0. The minimum atomic E-state index is 0. The van der Waals surface area contributed by atoms with Crippen LogP contribution in [0.15, 0.2) is 29.3 Å². The third-order valence-electron chi connectivity index (χ3n) is 4.90. The van der Waals surface area contributed by atoms with Crippen LogP contribution >= 0.6 is 24.0 Å². The topological polar surface area (TPSA) is 59.9 Å². The van der Waals surface area contributed by atoms with Crippen LogP contribution in [0.4, 0.5) is 0 Å². The Morgan fingerprint density at radius 2 is 2.00 bits per heavy atom. The molecule has 0 bridgehead atoms. The molecular weight excluding hydrogens is 439 g/mol. The molecule has 0 saturated carbocycles. The van der Waals surface area contributed by atoms with Crippen LogP contribution in [-0.2, 0) is 13.2 Å². The summed E-state index contributed by atoms with van der Waals surface area (Å²) in [5.74, 6) is 0.849. The van der Waals surface area contributed by atoms with Crippen LogP contribution < -0.4 is 10.6 Å². The number of likely N-dealkylation sites (tertiary alicyclic amines) is 1. The number of aliphatic hydroxyl groups excluding tert-OH is 1. The molecule has 1 aliphatic rings. The van der Waals surface area contributed by atoms with Gasteiger partial charge in [-0.3, -0.25) is 0 Å². The average molecular weight is 474 g/mol. The van der Waals surface area contributed by atoms with Crippen LogP contribution in [0, 0.1) is 0 Å². The maximum absolute atomic E-state index is 9.42. The van der Waals surface area contributed by atoms with Gasteiger partial charge in [0.05, 0.1) is 13.2 Å². The van der Waals surface area contributed by atoms with Crippen molar-refractivity contribution < 1.29 is 5.11 Å². The van der Waals surface area contributed by atoms with E-state index in [2.05, 4.69) is 34.4 Å². The summed E-state index contributed by atoms with van der Waals surface area (Å²) in [6.07, 6.45) is 5.18. The standard InChI is InChI=1S/C20H34N4O.HI/c1-3-21-20(23-15-18-10-4-5-11-19(18)16-25)22-12-8-14-24-13-7-6-9-17(24)2;/h4-5,10-11,17,25H,3,6-9,12-16H2,1-2H3,(H2,21,22,23);1H. The van der Waals surface area contributed by atoms with Crippen LogP contribution in [0.5, 0.6) is 0 Å². The zero-order valence-corrected chi connectivity index (χ0v) is 18.5. The second-order valence-electron chi connectivity index (χ2n) is 6.78. The van der Waals surface area contributed by atoms with E-state index in [9.17, 15) is 5.11 Å². The first kappa shape index (κ1) is 23.2. The lowest BCUT2D eigenvalue weighted by Gasteiger charge is -2.33. The predicted molar refractivity (Wildman–Crippen MR) is 120 cm³/mol. The number of aliphatic imine (C=N–C) groups is 1. The SMILES string of the molecule is CCNC(=NCc1ccccc1CO)NCCCN1CCCCC1C.I. The maximum atomic E-state index is 9.42. The number of benzene rings is 1. The van der Waals surface area contributed by atoms with Crippen molar-refractivity contribution in [3.05, 3.63) is 35.4 Å². The average Bonchev–Trinajstić information content (AvgIpc) is 2.64. The number of hydrogen-bond acceptors (Lipinski definition) is 3. The fraction of sp³-hybridized carbons (Fsp3) is 0.650. The smallest absolute Gasteiger partial charge is 0.191 e. The third-order valence-corrected chi connectivity index (χ3v) is 4.90. The zero-order valence-electron chi connectivity index (χ0n) is 16.2. The molecule has 0 amide bonds. The Morgan fingerprint density at radius 3 is 2.69 bits per heavy atom. The van der Waals surface area contributed by atoms with Gasteiger partial charge in [0.15, 0.2) is 5.96 Å². The molecule has 1 heterocycles. The number of nitrogens with zero attached hydrogens (tertiary/aromatic N) is 2. The molecular formula is C20H35IN4O. The number of nitrogens with one attached hydrogen (secondary N) is 2. The summed E-state index contributed by atoms with van der Waals surface area (Å²) in [6.45, 7) is 9.23. The summed E-state index contributed by atoms with van der Waals surface area (Å²) >= 11 is 0. The number of halogens is 1. The highest BCUT2D eigenvalue weighted by Crippen LogP contribution is 2.16. The summed E-state index contributed by atoms with van der Waals surface area (Å²) in [5, 5.41) is 16.2. The van der Waals surface area contributed by atoms with Gasteiger partial charge in [-0.15, -0.1) is 24.0 Å². The second-order valence-corrected chi connectivity index (χ2v) is 6.78. The van der Waals surface area contributed by atoms with Crippen LogP contribution in [0.3, 0.4) is 0 Å². The molecule has 0 radical (unpaired) electrons. The zero-order chi connectivity index (χ0) is 17.9. The molecule has 0 aromatic heterocycles. The molecule has 1 unspecified atom stereocenters. The van der Waals surface area contributed by atoms with E-state index >= 15 is 0 Å². The molecule has 1 fully saturated rings. The fourth-order valence-electron chi connectivity index (χ4n) is 3.35. The normalized spacial score (nSPS) is 18.3. The van der Waals surface area contributed by atoms with Crippen molar-refractivity contribution in [2.75, 3.05) is 26.2 Å². The van der Waals surface area contributed by atoms with E-state index in [1.165, 1.54) is 25.8 Å². The van der Waals surface area contributed by atoms with E-state index in [1.807, 2.05) is 24.3 Å². The van der Waals surface area contributed by atoms with E-state index in [0.717, 1.165) is 49.2 Å². The van der Waals surface area contributed by atoms with Crippen molar-refractivity contribution in [2.24, 2.45) is 4.99 Å². The van der Waals surface area contributed by atoms with Crippen molar-refractivity contribution in [3.63, 3.8) is 0 Å². The highest BCUT2D eigenvalue weighted by Gasteiger charge is 2.17. The molecule has 148 valence electrons. The van der Waals surface area contributed by atoms with Gasteiger partial charge >= 0.3 is 0 Å². The Bertz CT molecular complexity index is 538. The highest BCUT2D eigenvalue weighted by atomic mass is 127. The molecule has 0 aliphatic carbocycles. The lowest BCUT2D eigenvalue weighted by Crippen LogP contribution is -2.41.